The molecule has 2 atom stereocenters. The lowest BCUT2D eigenvalue weighted by Crippen LogP contribution is -2.31. The molecule has 0 radical (unpaired) electrons. The van der Waals surface area contributed by atoms with Gasteiger partial charge in [0.05, 0.1) is 30.2 Å². The minimum absolute atomic E-state index is 0.00526. The van der Waals surface area contributed by atoms with E-state index in [1.165, 1.54) is 0 Å². The number of aromatic nitrogens is 4. The summed E-state index contributed by atoms with van der Waals surface area (Å²) in [6, 6.07) is 16.7. The van der Waals surface area contributed by atoms with E-state index >= 15 is 0 Å². The first-order chi connectivity index (χ1) is 22.2. The van der Waals surface area contributed by atoms with E-state index in [0.29, 0.717) is 24.7 Å². The van der Waals surface area contributed by atoms with Crippen LogP contribution in [-0.4, -0.2) is 54.6 Å². The number of hydrogen-bond acceptors (Lipinski definition) is 4. The van der Waals surface area contributed by atoms with Gasteiger partial charge < -0.3 is 19.8 Å². The number of carbonyl (C=O) groups is 2. The van der Waals surface area contributed by atoms with Crippen molar-refractivity contribution in [3.63, 3.8) is 0 Å². The van der Waals surface area contributed by atoms with Crippen LogP contribution >= 0.6 is 0 Å². The molecule has 4 aromatic rings. The second-order valence-electron chi connectivity index (χ2n) is 13.5. The van der Waals surface area contributed by atoms with E-state index in [0.717, 1.165) is 84.1 Å². The highest BCUT2D eigenvalue weighted by Gasteiger charge is 2.33. The highest BCUT2D eigenvalue weighted by molar-refractivity contribution is 5.77. The molecule has 0 spiro atoms. The van der Waals surface area contributed by atoms with Crippen LogP contribution in [0.4, 0.5) is 0 Å². The van der Waals surface area contributed by atoms with Crippen molar-refractivity contribution in [1.29, 1.82) is 0 Å². The first-order valence-electron chi connectivity index (χ1n) is 16.7. The number of imidazole rings is 2. The van der Waals surface area contributed by atoms with Crippen molar-refractivity contribution >= 4 is 11.8 Å². The van der Waals surface area contributed by atoms with Crippen LogP contribution in [0, 0.1) is 23.7 Å². The second kappa shape index (κ2) is 13.8. The molecule has 4 heterocycles. The quantitative estimate of drug-likeness (QED) is 0.203. The third-order valence-electron chi connectivity index (χ3n) is 8.89. The smallest absolute Gasteiger partial charge is 0.223 e. The summed E-state index contributed by atoms with van der Waals surface area (Å²) in [5.41, 5.74) is 5.93. The molecule has 6 rings (SSSR count). The van der Waals surface area contributed by atoms with Crippen LogP contribution in [0.3, 0.4) is 0 Å². The Labute approximate surface area is 272 Å². The van der Waals surface area contributed by atoms with Crippen LogP contribution in [0.2, 0.25) is 0 Å². The van der Waals surface area contributed by atoms with Crippen LogP contribution < -0.4 is 0 Å². The molecule has 2 fully saturated rings. The minimum atomic E-state index is 0.00526. The average molecular weight is 617 g/mol. The second-order valence-corrected chi connectivity index (χ2v) is 13.5. The van der Waals surface area contributed by atoms with Gasteiger partial charge in [0.1, 0.15) is 17.3 Å². The first-order valence-corrected chi connectivity index (χ1v) is 16.7. The number of amides is 2. The van der Waals surface area contributed by atoms with E-state index in [1.807, 2.05) is 28.1 Å². The number of rotatable bonds is 8. The number of hydrogen-bond donors (Lipinski definition) is 2. The molecule has 2 amide bonds. The molecule has 2 aliphatic rings. The van der Waals surface area contributed by atoms with Gasteiger partial charge in [-0.1, -0.05) is 70.0 Å². The summed E-state index contributed by atoms with van der Waals surface area (Å²) in [6.07, 6.45) is 8.66. The van der Waals surface area contributed by atoms with Crippen LogP contribution in [0.15, 0.2) is 60.9 Å². The van der Waals surface area contributed by atoms with Gasteiger partial charge in [-0.05, 0) is 72.3 Å². The van der Waals surface area contributed by atoms with Crippen LogP contribution in [0.5, 0.6) is 0 Å². The van der Waals surface area contributed by atoms with Gasteiger partial charge in [0.25, 0.3) is 0 Å². The van der Waals surface area contributed by atoms with Gasteiger partial charge in [0, 0.05) is 31.5 Å². The van der Waals surface area contributed by atoms with Crippen molar-refractivity contribution in [2.45, 2.75) is 78.3 Å². The van der Waals surface area contributed by atoms with Crippen molar-refractivity contribution in [1.82, 2.24) is 29.7 Å². The molecular weight excluding hydrogens is 572 g/mol. The standard InChI is InChI=1S/C38H44N6O2/c1-25(2)21-35(45)43-19-5-7-33(43)37-39-23-31(41-37)18-11-27-9-12-28(13-10-27)29-14-16-30(17-15-29)32-24-40-38(42-32)34-8-6-20-44(34)36(46)22-26(3)4/h9-10,12-17,23-26,33-34H,5-8,19-22H2,1-4H3,(H,39,41)(H,40,42)/t33-,34-/m0/s1. The fraction of sp³-hybridized carbons (Fsp3) is 0.421. The molecule has 238 valence electrons. The lowest BCUT2D eigenvalue weighted by molar-refractivity contribution is -0.133. The van der Waals surface area contributed by atoms with Crippen LogP contribution in [-0.2, 0) is 9.59 Å². The van der Waals surface area contributed by atoms with Gasteiger partial charge >= 0.3 is 0 Å². The minimum Gasteiger partial charge on any atom is -0.340 e. The molecule has 2 saturated heterocycles. The van der Waals surface area contributed by atoms with Crippen molar-refractivity contribution in [3.05, 3.63) is 83.8 Å². The fourth-order valence-electron chi connectivity index (χ4n) is 6.58. The number of H-pyrrole nitrogens is 2. The van der Waals surface area contributed by atoms with E-state index < -0.39 is 0 Å². The van der Waals surface area contributed by atoms with E-state index in [2.05, 4.69) is 95.9 Å². The molecule has 0 bridgehead atoms. The zero-order valence-electron chi connectivity index (χ0n) is 27.3. The molecule has 2 aromatic heterocycles. The third kappa shape index (κ3) is 7.09. The van der Waals surface area contributed by atoms with Crippen molar-refractivity contribution in [2.24, 2.45) is 11.8 Å². The van der Waals surface area contributed by atoms with Gasteiger partial charge in [0.2, 0.25) is 11.8 Å². The Kier molecular flexibility index (Phi) is 9.39. The Balaban J connectivity index is 1.08. The molecule has 0 saturated carbocycles. The zero-order chi connectivity index (χ0) is 32.2. The Bertz CT molecular complexity index is 1720. The molecule has 0 aliphatic carbocycles. The number of carbonyl (C=O) groups excluding carboxylic acids is 2. The maximum atomic E-state index is 12.8. The maximum Gasteiger partial charge on any atom is 0.223 e. The van der Waals surface area contributed by atoms with Crippen molar-refractivity contribution < 1.29 is 9.59 Å². The van der Waals surface area contributed by atoms with E-state index in [1.54, 1.807) is 6.20 Å². The average Bonchev–Trinajstić information content (AvgIpc) is 3.86. The highest BCUT2D eigenvalue weighted by Crippen LogP contribution is 2.33. The van der Waals surface area contributed by atoms with E-state index in [9.17, 15) is 9.59 Å². The molecule has 0 unspecified atom stereocenters. The summed E-state index contributed by atoms with van der Waals surface area (Å²) in [5.74, 6) is 9.24. The highest BCUT2D eigenvalue weighted by atomic mass is 16.2. The van der Waals surface area contributed by atoms with E-state index in [-0.39, 0.29) is 23.9 Å². The maximum absolute atomic E-state index is 12.8. The predicted octanol–water partition coefficient (Wildman–Crippen LogP) is 7.29. The monoisotopic (exact) mass is 616 g/mol. The number of nitrogens with zero attached hydrogens (tertiary/aromatic N) is 4. The summed E-state index contributed by atoms with van der Waals surface area (Å²) in [7, 11) is 0. The van der Waals surface area contributed by atoms with Gasteiger partial charge in [-0.15, -0.1) is 0 Å². The van der Waals surface area contributed by atoms with Gasteiger partial charge in [-0.2, -0.15) is 0 Å². The molecular formula is C38H44N6O2. The van der Waals surface area contributed by atoms with Crippen LogP contribution in [0.1, 0.15) is 101 Å². The number of nitrogens with one attached hydrogen (secondary N) is 2. The fourth-order valence-corrected chi connectivity index (χ4v) is 6.58. The van der Waals surface area contributed by atoms with Crippen molar-refractivity contribution in [2.75, 3.05) is 13.1 Å². The summed E-state index contributed by atoms with van der Waals surface area (Å²) < 4.78 is 0. The number of likely N-dealkylation sites (tertiary alicyclic amines) is 2. The lowest BCUT2D eigenvalue weighted by Gasteiger charge is -2.24. The predicted molar refractivity (Wildman–Crippen MR) is 180 cm³/mol. The number of aromatic amines is 2. The normalized spacial score (nSPS) is 18.0. The number of benzene rings is 2. The largest absolute Gasteiger partial charge is 0.340 e. The Morgan fingerprint density at radius 1 is 0.717 bits per heavy atom. The Hall–Kier alpha value is -4.64. The van der Waals surface area contributed by atoms with Gasteiger partial charge in [-0.25, -0.2) is 9.97 Å². The summed E-state index contributed by atoms with van der Waals surface area (Å²) >= 11 is 0. The van der Waals surface area contributed by atoms with Gasteiger partial charge in [-0.3, -0.25) is 9.59 Å². The Morgan fingerprint density at radius 3 is 1.78 bits per heavy atom. The topological polar surface area (TPSA) is 98.0 Å². The molecule has 2 aliphatic heterocycles. The first kappa shape index (κ1) is 31.3. The molecule has 8 heteroatoms. The molecule has 2 aromatic carbocycles. The Morgan fingerprint density at radius 2 is 1.22 bits per heavy atom. The van der Waals surface area contributed by atoms with Gasteiger partial charge in [0.15, 0.2) is 0 Å². The van der Waals surface area contributed by atoms with Crippen molar-refractivity contribution in [3.8, 4) is 34.2 Å². The summed E-state index contributed by atoms with van der Waals surface area (Å²) in [4.78, 5) is 45.5. The molecule has 46 heavy (non-hydrogen) atoms. The van der Waals surface area contributed by atoms with Crippen LogP contribution in [0.25, 0.3) is 22.4 Å². The van der Waals surface area contributed by atoms with E-state index in [4.69, 9.17) is 0 Å². The summed E-state index contributed by atoms with van der Waals surface area (Å²) in [5, 5.41) is 0. The lowest BCUT2D eigenvalue weighted by atomic mass is 10.0. The zero-order valence-corrected chi connectivity index (χ0v) is 27.3. The summed E-state index contributed by atoms with van der Waals surface area (Å²) in [6.45, 7) is 9.92. The SMILES string of the molecule is CC(C)CC(=O)N1CCC[C@H]1c1ncc(C#Cc2ccc(-c3ccc(-c4cnc([C@@H]5CCCN5C(=O)CC(C)C)[nH]4)cc3)cc2)[nH]1. The molecule has 2 N–H and O–H groups in total. The molecule has 8 nitrogen and oxygen atoms in total. The third-order valence-corrected chi connectivity index (χ3v) is 8.89.